The molecule has 0 bridgehead atoms. The van der Waals surface area contributed by atoms with Gasteiger partial charge in [0.2, 0.25) is 0 Å². The molecule has 27 heavy (non-hydrogen) atoms. The molecule has 1 heterocycles. The van der Waals surface area contributed by atoms with Crippen molar-refractivity contribution in [3.05, 3.63) is 45.7 Å². The predicted octanol–water partition coefficient (Wildman–Crippen LogP) is 3.38. The lowest BCUT2D eigenvalue weighted by atomic mass is 10.2. The van der Waals surface area contributed by atoms with Crippen LogP contribution in [0.5, 0.6) is 5.75 Å². The van der Waals surface area contributed by atoms with Gasteiger partial charge >= 0.3 is 5.97 Å². The van der Waals surface area contributed by atoms with Gasteiger partial charge in [-0.05, 0) is 52.1 Å². The Hall–Kier alpha value is -2.43. The van der Waals surface area contributed by atoms with Crippen LogP contribution in [0.4, 0.5) is 4.39 Å². The summed E-state index contributed by atoms with van der Waals surface area (Å²) in [5, 5.41) is 0. The first kappa shape index (κ1) is 20.9. The predicted molar refractivity (Wildman–Crippen MR) is 104 cm³/mol. The maximum atomic E-state index is 14.1. The maximum absolute atomic E-state index is 14.1. The SMILES string of the molecule is CCOC(=O)c1ncsc1CCCOc1ccc(C#CCN(C)C)cc1F. The monoisotopic (exact) mass is 390 g/mol. The minimum absolute atomic E-state index is 0.197. The van der Waals surface area contributed by atoms with E-state index in [1.165, 1.54) is 17.4 Å². The number of aromatic nitrogens is 1. The van der Waals surface area contributed by atoms with Gasteiger partial charge < -0.3 is 9.47 Å². The lowest BCUT2D eigenvalue weighted by Gasteiger charge is -2.07. The number of carbonyl (C=O) groups excluding carboxylic acids is 1. The zero-order chi connectivity index (χ0) is 19.6. The molecule has 7 heteroatoms. The van der Waals surface area contributed by atoms with Gasteiger partial charge in [0.1, 0.15) is 0 Å². The van der Waals surface area contributed by atoms with Crippen molar-refractivity contribution >= 4 is 17.3 Å². The molecule has 0 N–H and O–H groups in total. The molecule has 0 amide bonds. The Kier molecular flexibility index (Phi) is 8.24. The number of esters is 1. The van der Waals surface area contributed by atoms with Crippen molar-refractivity contribution in [2.24, 2.45) is 0 Å². The summed E-state index contributed by atoms with van der Waals surface area (Å²) in [5.74, 6) is 5.24. The summed E-state index contributed by atoms with van der Waals surface area (Å²) < 4.78 is 24.6. The van der Waals surface area contributed by atoms with Crippen molar-refractivity contribution in [2.45, 2.75) is 19.8 Å². The summed E-state index contributed by atoms with van der Waals surface area (Å²) in [6, 6.07) is 4.70. The van der Waals surface area contributed by atoms with E-state index in [4.69, 9.17) is 9.47 Å². The summed E-state index contributed by atoms with van der Waals surface area (Å²) in [7, 11) is 3.85. The van der Waals surface area contributed by atoms with Gasteiger partial charge in [-0.2, -0.15) is 0 Å². The van der Waals surface area contributed by atoms with E-state index >= 15 is 0 Å². The van der Waals surface area contributed by atoms with Crippen LogP contribution in [0.3, 0.4) is 0 Å². The molecule has 0 aliphatic carbocycles. The molecule has 2 rings (SSSR count). The third-order valence-electron chi connectivity index (χ3n) is 3.48. The molecule has 0 unspecified atom stereocenters. The molecule has 1 aromatic carbocycles. The second kappa shape index (κ2) is 10.7. The van der Waals surface area contributed by atoms with Gasteiger partial charge in [0.05, 0.1) is 25.3 Å². The second-order valence-corrected chi connectivity index (χ2v) is 6.92. The van der Waals surface area contributed by atoms with Crippen LogP contribution >= 0.6 is 11.3 Å². The molecule has 2 aromatic rings. The number of aryl methyl sites for hydroxylation is 1. The topological polar surface area (TPSA) is 51.7 Å². The highest BCUT2D eigenvalue weighted by Gasteiger charge is 2.15. The maximum Gasteiger partial charge on any atom is 0.358 e. The van der Waals surface area contributed by atoms with Gasteiger partial charge in [0.15, 0.2) is 17.3 Å². The number of ether oxygens (including phenoxy) is 2. The highest BCUT2D eigenvalue weighted by atomic mass is 32.1. The van der Waals surface area contributed by atoms with Crippen LogP contribution in [0.15, 0.2) is 23.7 Å². The number of hydrogen-bond donors (Lipinski definition) is 0. The minimum Gasteiger partial charge on any atom is -0.491 e. The summed E-state index contributed by atoms with van der Waals surface area (Å²) in [5.41, 5.74) is 2.59. The zero-order valence-corrected chi connectivity index (χ0v) is 16.6. The second-order valence-electron chi connectivity index (χ2n) is 5.98. The van der Waals surface area contributed by atoms with E-state index in [-0.39, 0.29) is 5.75 Å². The average molecular weight is 390 g/mol. The summed E-state index contributed by atoms with van der Waals surface area (Å²) >= 11 is 1.40. The van der Waals surface area contributed by atoms with Crippen LogP contribution in [0.2, 0.25) is 0 Å². The van der Waals surface area contributed by atoms with E-state index < -0.39 is 11.8 Å². The molecule has 0 saturated carbocycles. The summed E-state index contributed by atoms with van der Waals surface area (Å²) in [6.07, 6.45) is 1.26. The summed E-state index contributed by atoms with van der Waals surface area (Å²) in [6.45, 7) is 3.02. The molecule has 0 aliphatic heterocycles. The van der Waals surface area contributed by atoms with Crippen LogP contribution in [0.1, 0.15) is 34.3 Å². The molecule has 144 valence electrons. The average Bonchev–Trinajstić information content (AvgIpc) is 3.08. The van der Waals surface area contributed by atoms with Crippen LogP contribution in [0, 0.1) is 17.7 Å². The largest absolute Gasteiger partial charge is 0.491 e. The molecule has 0 saturated heterocycles. The Morgan fingerprint density at radius 3 is 2.89 bits per heavy atom. The molecule has 0 spiro atoms. The van der Waals surface area contributed by atoms with Crippen LogP contribution in [-0.4, -0.2) is 49.7 Å². The highest BCUT2D eigenvalue weighted by Crippen LogP contribution is 2.20. The van der Waals surface area contributed by atoms with Gasteiger partial charge in [-0.3, -0.25) is 4.90 Å². The van der Waals surface area contributed by atoms with Gasteiger partial charge in [0.25, 0.3) is 0 Å². The molecule has 1 aromatic heterocycles. The van der Waals surface area contributed by atoms with Crippen LogP contribution in [-0.2, 0) is 11.2 Å². The lowest BCUT2D eigenvalue weighted by Crippen LogP contribution is -2.10. The van der Waals surface area contributed by atoms with Gasteiger partial charge in [-0.25, -0.2) is 14.2 Å². The third-order valence-corrected chi connectivity index (χ3v) is 4.37. The lowest BCUT2D eigenvalue weighted by molar-refractivity contribution is 0.0519. The zero-order valence-electron chi connectivity index (χ0n) is 15.8. The van der Waals surface area contributed by atoms with Crippen molar-refractivity contribution in [3.63, 3.8) is 0 Å². The van der Waals surface area contributed by atoms with Crippen molar-refractivity contribution in [2.75, 3.05) is 33.9 Å². The molecular formula is C20H23FN2O3S. The Morgan fingerprint density at radius 2 is 2.19 bits per heavy atom. The van der Waals surface area contributed by atoms with E-state index in [1.807, 2.05) is 19.0 Å². The molecule has 0 aliphatic rings. The fourth-order valence-electron chi connectivity index (χ4n) is 2.22. The molecule has 0 atom stereocenters. The van der Waals surface area contributed by atoms with E-state index in [0.29, 0.717) is 43.9 Å². The first-order chi connectivity index (χ1) is 13.0. The van der Waals surface area contributed by atoms with E-state index in [2.05, 4.69) is 16.8 Å². The van der Waals surface area contributed by atoms with E-state index in [0.717, 1.165) is 4.88 Å². The van der Waals surface area contributed by atoms with Gasteiger partial charge in [-0.15, -0.1) is 11.3 Å². The quantitative estimate of drug-likeness (QED) is 0.393. The van der Waals surface area contributed by atoms with E-state index in [9.17, 15) is 9.18 Å². The number of benzene rings is 1. The fraction of sp³-hybridized carbons (Fsp3) is 0.400. The Labute approximate surface area is 163 Å². The van der Waals surface area contributed by atoms with Crippen LogP contribution in [0.25, 0.3) is 0 Å². The summed E-state index contributed by atoms with van der Waals surface area (Å²) in [4.78, 5) is 18.6. The van der Waals surface area contributed by atoms with Gasteiger partial charge in [-0.1, -0.05) is 11.8 Å². The van der Waals surface area contributed by atoms with Crippen LogP contribution < -0.4 is 4.74 Å². The van der Waals surface area contributed by atoms with Crippen molar-refractivity contribution in [3.8, 4) is 17.6 Å². The Morgan fingerprint density at radius 1 is 1.37 bits per heavy atom. The fourth-order valence-corrected chi connectivity index (χ4v) is 3.02. The minimum atomic E-state index is -0.434. The normalized spacial score (nSPS) is 10.4. The first-order valence-corrected chi connectivity index (χ1v) is 9.54. The Balaban J connectivity index is 1.85. The van der Waals surface area contributed by atoms with E-state index in [1.54, 1.807) is 24.6 Å². The molecular weight excluding hydrogens is 367 g/mol. The number of carbonyl (C=O) groups is 1. The van der Waals surface area contributed by atoms with Crippen molar-refractivity contribution in [1.82, 2.24) is 9.88 Å². The molecule has 0 fully saturated rings. The number of hydrogen-bond acceptors (Lipinski definition) is 6. The number of nitrogens with zero attached hydrogens (tertiary/aromatic N) is 2. The number of halogens is 1. The number of rotatable bonds is 8. The first-order valence-electron chi connectivity index (χ1n) is 8.66. The standard InChI is InChI=1S/C20H23FN2O3S/c1-4-25-20(24)19-18(27-14-22-19)8-6-12-26-17-10-9-15(13-16(17)21)7-5-11-23(2)3/h9-10,13-14H,4,6,8,11-12H2,1-3H3. The number of thiazole rings is 1. The van der Waals surface area contributed by atoms with Crippen molar-refractivity contribution in [1.29, 1.82) is 0 Å². The molecule has 5 nitrogen and oxygen atoms in total. The highest BCUT2D eigenvalue weighted by molar-refractivity contribution is 7.09. The molecule has 0 radical (unpaired) electrons. The third kappa shape index (κ3) is 6.66. The smallest absolute Gasteiger partial charge is 0.358 e. The Bertz CT molecular complexity index is 824. The van der Waals surface area contributed by atoms with Gasteiger partial charge in [0, 0.05) is 10.4 Å². The van der Waals surface area contributed by atoms with Crippen molar-refractivity contribution < 1.29 is 18.7 Å².